The second kappa shape index (κ2) is 2.50. The van der Waals surface area contributed by atoms with E-state index in [1.54, 1.807) is 0 Å². The van der Waals surface area contributed by atoms with Gasteiger partial charge in [-0.15, -0.1) is 0 Å². The largest absolute Gasteiger partial charge is 0.481 e. The number of hydrogen-bond acceptors (Lipinski definition) is 1. The standard InChI is InChI=1S/C4H6O2.Ag/c5-4(6)3-1-2-3;/h3H,1-2H2,(H,5,6);. The fourth-order valence-electron chi connectivity index (χ4n) is 0.330. The molecule has 0 saturated heterocycles. The van der Waals surface area contributed by atoms with E-state index >= 15 is 0 Å². The number of hydrogen-bond donors (Lipinski definition) is 1. The van der Waals surface area contributed by atoms with E-state index in [4.69, 9.17) is 5.11 Å². The van der Waals surface area contributed by atoms with Crippen LogP contribution in [0, 0.1) is 5.92 Å². The Morgan fingerprint density at radius 3 is 2.00 bits per heavy atom. The summed E-state index contributed by atoms with van der Waals surface area (Å²) < 4.78 is 0. The van der Waals surface area contributed by atoms with Crippen LogP contribution in [0.15, 0.2) is 0 Å². The number of aliphatic carboxylic acids is 1. The third kappa shape index (κ3) is 2.12. The molecule has 45 valence electrons. The van der Waals surface area contributed by atoms with Crippen LogP contribution in [0.4, 0.5) is 0 Å². The van der Waals surface area contributed by atoms with E-state index in [0.717, 1.165) is 12.8 Å². The average Bonchev–Trinajstić information content (AvgIpc) is 2.06. The summed E-state index contributed by atoms with van der Waals surface area (Å²) in [6.07, 6.45) is 1.80. The maximum Gasteiger partial charge on any atom is 0.306 e. The average molecular weight is 194 g/mol. The molecule has 0 aliphatic heterocycles. The van der Waals surface area contributed by atoms with E-state index in [2.05, 4.69) is 0 Å². The number of rotatable bonds is 1. The maximum absolute atomic E-state index is 9.76. The first kappa shape index (κ1) is 7.21. The van der Waals surface area contributed by atoms with E-state index in [9.17, 15) is 4.79 Å². The molecule has 1 radical (unpaired) electrons. The first-order chi connectivity index (χ1) is 2.80. The topological polar surface area (TPSA) is 37.3 Å². The van der Waals surface area contributed by atoms with Crippen molar-refractivity contribution in [3.8, 4) is 0 Å². The van der Waals surface area contributed by atoms with Crippen molar-refractivity contribution >= 4 is 5.97 Å². The van der Waals surface area contributed by atoms with Crippen LogP contribution in [0.3, 0.4) is 0 Å². The predicted octanol–water partition coefficient (Wildman–Crippen LogP) is 0.479. The van der Waals surface area contributed by atoms with Crippen LogP contribution < -0.4 is 0 Å². The molecule has 0 aromatic heterocycles. The van der Waals surface area contributed by atoms with Crippen molar-refractivity contribution in [1.82, 2.24) is 0 Å². The Bertz CT molecular complexity index is 77.8. The van der Waals surface area contributed by atoms with Crippen LogP contribution in [0.5, 0.6) is 0 Å². The van der Waals surface area contributed by atoms with Gasteiger partial charge in [0.05, 0.1) is 5.92 Å². The summed E-state index contributed by atoms with van der Waals surface area (Å²) in [5.41, 5.74) is 0. The number of carboxylic acid groups (broad SMARTS) is 1. The zero-order valence-corrected chi connectivity index (χ0v) is 5.13. The van der Waals surface area contributed by atoms with Crippen molar-refractivity contribution in [1.29, 1.82) is 0 Å². The van der Waals surface area contributed by atoms with Crippen LogP contribution in [0.2, 0.25) is 0 Å². The molecule has 1 fully saturated rings. The van der Waals surface area contributed by atoms with Crippen LogP contribution in [0.1, 0.15) is 12.8 Å². The van der Waals surface area contributed by atoms with Gasteiger partial charge >= 0.3 is 5.97 Å². The first-order valence-electron chi connectivity index (χ1n) is 2.03. The number of carboxylic acids is 1. The zero-order valence-electron chi connectivity index (χ0n) is 3.65. The molecule has 1 aliphatic rings. The molecule has 1 rings (SSSR count). The van der Waals surface area contributed by atoms with Crippen LogP contribution >= 0.6 is 0 Å². The van der Waals surface area contributed by atoms with Gasteiger partial charge in [0.25, 0.3) is 0 Å². The van der Waals surface area contributed by atoms with Gasteiger partial charge < -0.3 is 5.11 Å². The number of carbonyl (C=O) groups is 1. The molecule has 0 spiro atoms. The second-order valence-electron chi connectivity index (χ2n) is 1.61. The second-order valence-corrected chi connectivity index (χ2v) is 1.61. The van der Waals surface area contributed by atoms with E-state index in [0.29, 0.717) is 0 Å². The minimum atomic E-state index is -0.630. The molecule has 1 N–H and O–H groups in total. The van der Waals surface area contributed by atoms with Crippen molar-refractivity contribution < 1.29 is 32.3 Å². The van der Waals surface area contributed by atoms with Gasteiger partial charge in [0, 0.05) is 22.4 Å². The molecule has 0 atom stereocenters. The Labute approximate surface area is 57.4 Å². The third-order valence-corrected chi connectivity index (χ3v) is 0.927. The van der Waals surface area contributed by atoms with Gasteiger partial charge in [-0.25, -0.2) is 0 Å². The van der Waals surface area contributed by atoms with Crippen molar-refractivity contribution in [3.63, 3.8) is 0 Å². The quantitative estimate of drug-likeness (QED) is 0.616. The van der Waals surface area contributed by atoms with Crippen molar-refractivity contribution in [3.05, 3.63) is 0 Å². The minimum Gasteiger partial charge on any atom is -0.481 e. The van der Waals surface area contributed by atoms with Gasteiger partial charge in [-0.3, -0.25) is 4.79 Å². The Morgan fingerprint density at radius 1 is 1.57 bits per heavy atom. The molecule has 0 aromatic carbocycles. The Hall–Kier alpha value is 0.210. The summed E-state index contributed by atoms with van der Waals surface area (Å²) in [6, 6.07) is 0. The summed E-state index contributed by atoms with van der Waals surface area (Å²) in [4.78, 5) is 9.76. The van der Waals surface area contributed by atoms with Gasteiger partial charge in [0.15, 0.2) is 0 Å². The predicted molar refractivity (Wildman–Crippen MR) is 20.4 cm³/mol. The maximum atomic E-state index is 9.76. The minimum absolute atomic E-state index is 0. The first-order valence-corrected chi connectivity index (χ1v) is 2.03. The van der Waals surface area contributed by atoms with Crippen LogP contribution in [-0.4, -0.2) is 11.1 Å². The molecule has 0 unspecified atom stereocenters. The Balaban J connectivity index is 0.000000360. The molecular formula is C4H6AgO2. The van der Waals surface area contributed by atoms with Crippen LogP contribution in [-0.2, 0) is 27.2 Å². The molecule has 3 heteroatoms. The van der Waals surface area contributed by atoms with E-state index in [1.807, 2.05) is 0 Å². The molecule has 2 nitrogen and oxygen atoms in total. The van der Waals surface area contributed by atoms with Gasteiger partial charge in [-0.05, 0) is 12.8 Å². The summed E-state index contributed by atoms with van der Waals surface area (Å²) in [5, 5.41) is 8.05. The molecule has 0 bridgehead atoms. The van der Waals surface area contributed by atoms with Crippen molar-refractivity contribution in [2.24, 2.45) is 5.92 Å². The van der Waals surface area contributed by atoms with Gasteiger partial charge in [0.1, 0.15) is 0 Å². The fourth-order valence-corrected chi connectivity index (χ4v) is 0.330. The SMILES string of the molecule is O=C(O)C1CC1.[Ag]. The Morgan fingerprint density at radius 2 is 2.00 bits per heavy atom. The van der Waals surface area contributed by atoms with Gasteiger partial charge in [0.2, 0.25) is 0 Å². The van der Waals surface area contributed by atoms with Crippen molar-refractivity contribution in [2.45, 2.75) is 12.8 Å². The molecule has 0 aromatic rings. The molecule has 1 saturated carbocycles. The van der Waals surface area contributed by atoms with Gasteiger partial charge in [-0.2, -0.15) is 0 Å². The van der Waals surface area contributed by atoms with E-state index in [1.165, 1.54) is 0 Å². The normalized spacial score (nSPS) is 17.7. The third-order valence-electron chi connectivity index (χ3n) is 0.927. The zero-order chi connectivity index (χ0) is 4.57. The summed E-state index contributed by atoms with van der Waals surface area (Å²) in [6.45, 7) is 0. The summed E-state index contributed by atoms with van der Waals surface area (Å²) in [5.74, 6) is -0.611. The Kier molecular flexibility index (Phi) is 2.58. The van der Waals surface area contributed by atoms with E-state index < -0.39 is 5.97 Å². The molecular weight excluding hydrogens is 188 g/mol. The fraction of sp³-hybridized carbons (Fsp3) is 0.750. The monoisotopic (exact) mass is 193 g/mol. The molecule has 0 amide bonds. The van der Waals surface area contributed by atoms with E-state index in [-0.39, 0.29) is 28.3 Å². The summed E-state index contributed by atoms with van der Waals surface area (Å²) >= 11 is 0. The van der Waals surface area contributed by atoms with Gasteiger partial charge in [-0.1, -0.05) is 0 Å². The molecule has 7 heavy (non-hydrogen) atoms. The molecule has 0 heterocycles. The van der Waals surface area contributed by atoms with Crippen LogP contribution in [0.25, 0.3) is 0 Å². The van der Waals surface area contributed by atoms with Crippen molar-refractivity contribution in [2.75, 3.05) is 0 Å². The summed E-state index contributed by atoms with van der Waals surface area (Å²) in [7, 11) is 0. The molecule has 1 aliphatic carbocycles. The smallest absolute Gasteiger partial charge is 0.306 e.